The molecule has 5 aromatic rings. The van der Waals surface area contributed by atoms with Gasteiger partial charge in [0.2, 0.25) is 6.29 Å². The smallest absolute Gasteiger partial charge is 0.431 e. The van der Waals surface area contributed by atoms with Crippen molar-refractivity contribution in [1.82, 2.24) is 39.7 Å². The van der Waals surface area contributed by atoms with Crippen molar-refractivity contribution in [1.29, 1.82) is 0 Å². The molecule has 1 N–H and O–H groups in total. The Morgan fingerprint density at radius 2 is 1.96 bits per heavy atom. The summed E-state index contributed by atoms with van der Waals surface area (Å²) in [6.07, 6.45) is 6.99. The highest BCUT2D eigenvalue weighted by Crippen LogP contribution is 2.33. The largest absolute Gasteiger partial charge is 0.511 e. The summed E-state index contributed by atoms with van der Waals surface area (Å²) in [5.41, 5.74) is 2.90. The number of aromatic nitrogens is 8. The number of aryl methyl sites for hydroxylation is 1. The molecule has 14 nitrogen and oxygen atoms in total. The number of aromatic amines is 1. The van der Waals surface area contributed by atoms with E-state index in [1.54, 1.807) is 40.4 Å². The van der Waals surface area contributed by atoms with Crippen LogP contribution in [0, 0.1) is 0 Å². The zero-order valence-corrected chi connectivity index (χ0v) is 26.7. The summed E-state index contributed by atoms with van der Waals surface area (Å²) in [6.45, 7) is 1.47. The lowest BCUT2D eigenvalue weighted by molar-refractivity contribution is -0.0912. The van der Waals surface area contributed by atoms with Crippen molar-refractivity contribution in [3.05, 3.63) is 80.1 Å². The second kappa shape index (κ2) is 13.1. The van der Waals surface area contributed by atoms with Crippen molar-refractivity contribution >= 4 is 35.1 Å². The molecule has 4 aromatic heterocycles. The first-order valence-corrected chi connectivity index (χ1v) is 16.5. The molecule has 1 fully saturated rings. The van der Waals surface area contributed by atoms with Crippen LogP contribution in [0.4, 0.5) is 4.79 Å². The molecule has 5 heterocycles. The normalized spacial score (nSPS) is 16.9. The van der Waals surface area contributed by atoms with Crippen LogP contribution in [0.15, 0.2) is 53.0 Å². The topological polar surface area (TPSA) is 169 Å². The van der Waals surface area contributed by atoms with E-state index < -0.39 is 18.4 Å². The fraction of sp³-hybridized carbons (Fsp3) is 0.355. The molecule has 0 amide bonds. The number of thiophene rings is 1. The van der Waals surface area contributed by atoms with Crippen LogP contribution >= 0.6 is 22.9 Å². The quantitative estimate of drug-likeness (QED) is 0.162. The van der Waals surface area contributed by atoms with Gasteiger partial charge >= 0.3 is 12.1 Å². The number of benzene rings is 1. The summed E-state index contributed by atoms with van der Waals surface area (Å²) in [4.78, 5) is 51.4. The van der Waals surface area contributed by atoms with Crippen LogP contribution in [0.1, 0.15) is 72.8 Å². The molecule has 1 saturated carbocycles. The van der Waals surface area contributed by atoms with Crippen molar-refractivity contribution in [2.45, 2.75) is 70.3 Å². The second-order valence-corrected chi connectivity index (χ2v) is 12.7. The van der Waals surface area contributed by atoms with Crippen molar-refractivity contribution in [3.63, 3.8) is 0 Å². The van der Waals surface area contributed by atoms with Gasteiger partial charge in [-0.05, 0) is 66.8 Å². The number of nitrogens with one attached hydrogen (secondary N) is 1. The maximum atomic E-state index is 13.5. The lowest BCUT2D eigenvalue weighted by atomic mass is 9.98. The van der Waals surface area contributed by atoms with Crippen LogP contribution in [0.2, 0.25) is 5.02 Å². The molecule has 0 radical (unpaired) electrons. The zero-order chi connectivity index (χ0) is 32.5. The van der Waals surface area contributed by atoms with Crippen LogP contribution in [-0.4, -0.2) is 64.2 Å². The number of carbonyl (C=O) groups excluding carboxylic acids is 2. The molecule has 2 aliphatic rings. The molecule has 0 saturated heterocycles. The maximum absolute atomic E-state index is 13.5. The standard InChI is InChI=1S/C31H29ClN8O6S/c1-17(45-31(43)46-20-5-3-2-4-6-20)44-30(42)26-11-18(15-47-26)23-14-33-29(36-23)25-9-10-27-35-22(13-28(41)40(25)27)21-12-19(32)7-8-24(21)39-16-34-37-38-39/h7-8,11-17,20,25H,2-6,9-10H2,1H3,(H,33,36)/t17?,25-/m0/s1. The number of ether oxygens (including phenoxy) is 3. The minimum Gasteiger partial charge on any atom is -0.431 e. The van der Waals surface area contributed by atoms with Gasteiger partial charge in [-0.2, -0.15) is 4.68 Å². The maximum Gasteiger partial charge on any atom is 0.511 e. The van der Waals surface area contributed by atoms with Crippen molar-refractivity contribution in [3.8, 4) is 28.2 Å². The molecule has 47 heavy (non-hydrogen) atoms. The number of tetrazole rings is 1. The number of imidazole rings is 1. The van der Waals surface area contributed by atoms with Crippen LogP contribution in [0.25, 0.3) is 28.2 Å². The number of rotatable bonds is 8. The van der Waals surface area contributed by atoms with Gasteiger partial charge in [-0.15, -0.1) is 16.4 Å². The summed E-state index contributed by atoms with van der Waals surface area (Å²) in [5, 5.41) is 13.7. The number of nitrogens with zero attached hydrogens (tertiary/aromatic N) is 7. The number of carbonyl (C=O) groups is 2. The molecule has 1 aromatic carbocycles. The monoisotopic (exact) mass is 676 g/mol. The molecule has 1 aliphatic heterocycles. The number of esters is 1. The van der Waals surface area contributed by atoms with Gasteiger partial charge in [0.15, 0.2) is 0 Å². The Hall–Kier alpha value is -4.89. The minimum atomic E-state index is -1.11. The summed E-state index contributed by atoms with van der Waals surface area (Å²) in [5.74, 6) is 0.596. The summed E-state index contributed by atoms with van der Waals surface area (Å²) in [7, 11) is 0. The van der Waals surface area contributed by atoms with Gasteiger partial charge in [-0.3, -0.25) is 9.36 Å². The van der Waals surface area contributed by atoms with E-state index in [4.69, 9.17) is 30.8 Å². The van der Waals surface area contributed by atoms with E-state index in [9.17, 15) is 14.4 Å². The molecular formula is C31H29ClN8O6S. The molecule has 1 unspecified atom stereocenters. The molecule has 242 valence electrons. The molecular weight excluding hydrogens is 648 g/mol. The van der Waals surface area contributed by atoms with Crippen LogP contribution in [-0.2, 0) is 20.6 Å². The van der Waals surface area contributed by atoms with Gasteiger partial charge in [0, 0.05) is 40.9 Å². The summed E-state index contributed by atoms with van der Waals surface area (Å²) >= 11 is 7.49. The first-order chi connectivity index (χ1) is 22.8. The Balaban J connectivity index is 1.03. The summed E-state index contributed by atoms with van der Waals surface area (Å²) in [6, 6.07) is 8.02. The average molecular weight is 677 g/mol. The van der Waals surface area contributed by atoms with Gasteiger partial charge < -0.3 is 19.2 Å². The van der Waals surface area contributed by atoms with E-state index >= 15 is 0 Å². The Morgan fingerprint density at radius 1 is 1.11 bits per heavy atom. The Labute approximate surface area is 276 Å². The third kappa shape index (κ3) is 6.53. The lowest BCUT2D eigenvalue weighted by Crippen LogP contribution is -2.26. The second-order valence-electron chi connectivity index (χ2n) is 11.3. The van der Waals surface area contributed by atoms with Crippen LogP contribution in [0.3, 0.4) is 0 Å². The van der Waals surface area contributed by atoms with Crippen molar-refractivity contribution in [2.75, 3.05) is 0 Å². The fourth-order valence-electron chi connectivity index (χ4n) is 5.98. The van der Waals surface area contributed by atoms with E-state index in [1.807, 2.05) is 0 Å². The first kappa shape index (κ1) is 30.7. The third-order valence-electron chi connectivity index (χ3n) is 8.18. The van der Waals surface area contributed by atoms with E-state index in [1.165, 1.54) is 35.3 Å². The lowest BCUT2D eigenvalue weighted by Gasteiger charge is -2.22. The number of hydrogen-bond acceptors (Lipinski definition) is 12. The van der Waals surface area contributed by atoms with Gasteiger partial charge in [0.05, 0.1) is 29.3 Å². The van der Waals surface area contributed by atoms with Gasteiger partial charge in [0.1, 0.15) is 29.0 Å². The Bertz CT molecular complexity index is 1980. The third-order valence-corrected chi connectivity index (χ3v) is 9.33. The van der Waals surface area contributed by atoms with Crippen LogP contribution < -0.4 is 5.56 Å². The zero-order valence-electron chi connectivity index (χ0n) is 25.2. The number of fused-ring (bicyclic) bond motifs is 1. The summed E-state index contributed by atoms with van der Waals surface area (Å²) < 4.78 is 18.9. The average Bonchev–Trinajstić information content (AvgIpc) is 3.88. The molecule has 0 bridgehead atoms. The van der Waals surface area contributed by atoms with Gasteiger partial charge in [0.25, 0.3) is 5.56 Å². The highest BCUT2D eigenvalue weighted by Gasteiger charge is 2.30. The number of hydrogen-bond donors (Lipinski definition) is 1. The predicted octanol–water partition coefficient (Wildman–Crippen LogP) is 5.52. The minimum absolute atomic E-state index is 0.158. The predicted molar refractivity (Wildman–Crippen MR) is 169 cm³/mol. The van der Waals surface area contributed by atoms with E-state index in [2.05, 4.69) is 25.5 Å². The Kier molecular flexibility index (Phi) is 8.56. The molecule has 7 rings (SSSR count). The van der Waals surface area contributed by atoms with Gasteiger partial charge in [-0.25, -0.2) is 19.6 Å². The fourth-order valence-corrected chi connectivity index (χ4v) is 6.94. The van der Waals surface area contributed by atoms with Crippen molar-refractivity contribution < 1.29 is 23.8 Å². The SMILES string of the molecule is CC(OC(=O)OC1CCCCC1)OC(=O)c1cc(-c2cnc([C@@H]3CCc4nc(-c5cc(Cl)ccc5-n5cnnn5)cc(=O)n43)[nH]2)cs1. The highest BCUT2D eigenvalue weighted by molar-refractivity contribution is 7.12. The molecule has 16 heteroatoms. The molecule has 1 aliphatic carbocycles. The van der Waals surface area contributed by atoms with E-state index in [0.717, 1.165) is 37.7 Å². The van der Waals surface area contributed by atoms with Gasteiger partial charge in [-0.1, -0.05) is 18.0 Å². The number of H-pyrrole nitrogens is 1. The van der Waals surface area contributed by atoms with Crippen LogP contribution in [0.5, 0.6) is 0 Å². The molecule has 2 atom stereocenters. The Morgan fingerprint density at radius 3 is 2.77 bits per heavy atom. The van der Waals surface area contributed by atoms with Crippen molar-refractivity contribution in [2.24, 2.45) is 0 Å². The van der Waals surface area contributed by atoms with E-state index in [0.29, 0.717) is 57.0 Å². The first-order valence-electron chi connectivity index (χ1n) is 15.2. The van der Waals surface area contributed by atoms with E-state index in [-0.39, 0.29) is 17.7 Å². The molecule has 0 spiro atoms. The number of halogens is 1. The highest BCUT2D eigenvalue weighted by atomic mass is 35.5.